The number of rotatable bonds is 18. The van der Waals surface area contributed by atoms with Gasteiger partial charge < -0.3 is 19.3 Å². The Hall–Kier alpha value is -1.74. The SMILES string of the molecule is C=CC(CCCC1=CC(C)(C)C=C(CCCCC(C)(C)C(=O)O)[S+]1[O-])C1=CC(C)(C)C=C(CCCCC(C)(C)C(=O)O)[S+]1[O-]. The van der Waals surface area contributed by atoms with Crippen LogP contribution in [0.3, 0.4) is 0 Å². The minimum Gasteiger partial charge on any atom is -0.607 e. The van der Waals surface area contributed by atoms with Crippen molar-refractivity contribution in [2.75, 3.05) is 0 Å². The van der Waals surface area contributed by atoms with Gasteiger partial charge >= 0.3 is 11.9 Å². The van der Waals surface area contributed by atoms with Gasteiger partial charge in [0, 0.05) is 58.4 Å². The van der Waals surface area contributed by atoms with E-state index >= 15 is 0 Å². The van der Waals surface area contributed by atoms with Crippen molar-refractivity contribution in [1.29, 1.82) is 0 Å². The summed E-state index contributed by atoms with van der Waals surface area (Å²) in [6.45, 7) is 19.5. The van der Waals surface area contributed by atoms with Gasteiger partial charge in [-0.25, -0.2) is 0 Å². The lowest BCUT2D eigenvalue weighted by Gasteiger charge is -2.31. The standard InChI is InChI=1S/C36H56O6S2/c1-10-26(30-25-34(4,5)24-29(44(30)42)18-12-14-21-36(8,9)32(39)40)16-15-19-28-23-33(2,3)22-27(43(28)41)17-11-13-20-35(6,7)31(37)38/h10,22-26H,1,11-21H2,2-9H3,(H,37,38)(H,39,40). The second kappa shape index (κ2) is 15.7. The molecule has 0 spiro atoms. The van der Waals surface area contributed by atoms with Gasteiger partial charge in [0.25, 0.3) is 0 Å². The van der Waals surface area contributed by atoms with Crippen molar-refractivity contribution in [1.82, 2.24) is 0 Å². The van der Waals surface area contributed by atoms with Crippen LogP contribution in [0.4, 0.5) is 0 Å². The molecule has 0 saturated heterocycles. The first-order valence-electron chi connectivity index (χ1n) is 16.0. The lowest BCUT2D eigenvalue weighted by molar-refractivity contribution is -0.148. The summed E-state index contributed by atoms with van der Waals surface area (Å²) in [6, 6.07) is 0. The van der Waals surface area contributed by atoms with E-state index in [-0.39, 0.29) is 16.7 Å². The van der Waals surface area contributed by atoms with Gasteiger partial charge in [-0.2, -0.15) is 0 Å². The number of hydrogen-bond donors (Lipinski definition) is 2. The summed E-state index contributed by atoms with van der Waals surface area (Å²) < 4.78 is 27.2. The lowest BCUT2D eigenvalue weighted by Crippen LogP contribution is -2.24. The molecule has 0 aromatic carbocycles. The molecule has 2 heterocycles. The third-order valence-electron chi connectivity index (χ3n) is 8.74. The van der Waals surface area contributed by atoms with E-state index in [1.165, 1.54) is 0 Å². The molecule has 0 radical (unpaired) electrons. The van der Waals surface area contributed by atoms with Gasteiger partial charge in [0.2, 0.25) is 0 Å². The number of allylic oxidation sites excluding steroid dienone is 9. The lowest BCUT2D eigenvalue weighted by atomic mass is 9.86. The van der Waals surface area contributed by atoms with Crippen LogP contribution in [0.5, 0.6) is 0 Å². The second-order valence-corrected chi connectivity index (χ2v) is 18.2. The van der Waals surface area contributed by atoms with Crippen molar-refractivity contribution in [2.24, 2.45) is 27.6 Å². The fourth-order valence-corrected chi connectivity index (χ4v) is 9.55. The van der Waals surface area contributed by atoms with Gasteiger partial charge in [0.05, 0.1) is 10.8 Å². The first kappa shape index (κ1) is 38.4. The maximum atomic E-state index is 13.7. The Balaban J connectivity index is 1.99. The summed E-state index contributed by atoms with van der Waals surface area (Å²) >= 11 is -2.46. The summed E-state index contributed by atoms with van der Waals surface area (Å²) in [5, 5.41) is 18.8. The largest absolute Gasteiger partial charge is 0.607 e. The Bertz CT molecular complexity index is 1170. The maximum Gasteiger partial charge on any atom is 0.309 e. The average molecular weight is 649 g/mol. The Morgan fingerprint density at radius 3 is 1.55 bits per heavy atom. The van der Waals surface area contributed by atoms with Crippen LogP contribution in [0.25, 0.3) is 0 Å². The highest BCUT2D eigenvalue weighted by molar-refractivity contribution is 7.99. The van der Waals surface area contributed by atoms with E-state index in [1.54, 1.807) is 27.7 Å². The monoisotopic (exact) mass is 648 g/mol. The molecule has 0 amide bonds. The summed E-state index contributed by atoms with van der Waals surface area (Å²) in [5.41, 5.74) is -1.96. The van der Waals surface area contributed by atoms with E-state index in [9.17, 15) is 28.9 Å². The Morgan fingerprint density at radius 1 is 0.750 bits per heavy atom. The first-order chi connectivity index (χ1) is 20.2. The minimum atomic E-state index is -1.26. The van der Waals surface area contributed by atoms with E-state index < -0.39 is 45.1 Å². The molecular weight excluding hydrogens is 593 g/mol. The van der Waals surface area contributed by atoms with E-state index in [1.807, 2.05) is 6.08 Å². The number of carbonyl (C=O) groups is 2. The molecule has 248 valence electrons. The van der Waals surface area contributed by atoms with Crippen LogP contribution in [0.15, 0.2) is 56.6 Å². The second-order valence-electron chi connectivity index (χ2n) is 15.1. The van der Waals surface area contributed by atoms with Crippen LogP contribution in [0.2, 0.25) is 0 Å². The smallest absolute Gasteiger partial charge is 0.309 e. The highest BCUT2D eigenvalue weighted by Gasteiger charge is 2.36. The number of hydrogen-bond acceptors (Lipinski definition) is 4. The van der Waals surface area contributed by atoms with Gasteiger partial charge in [-0.1, -0.05) is 46.6 Å². The zero-order valence-electron chi connectivity index (χ0n) is 28.3. The Labute approximate surface area is 272 Å². The molecule has 2 aliphatic heterocycles. The van der Waals surface area contributed by atoms with E-state index in [2.05, 4.69) is 58.6 Å². The molecule has 6 nitrogen and oxygen atoms in total. The Kier molecular flexibility index (Phi) is 13.7. The third-order valence-corrected chi connectivity index (χ3v) is 12.0. The van der Waals surface area contributed by atoms with Crippen LogP contribution in [-0.2, 0) is 31.9 Å². The van der Waals surface area contributed by atoms with Crippen molar-refractivity contribution in [2.45, 2.75) is 126 Å². The van der Waals surface area contributed by atoms with Crippen molar-refractivity contribution >= 4 is 34.3 Å². The average Bonchev–Trinajstić information content (AvgIpc) is 2.90. The zero-order valence-corrected chi connectivity index (χ0v) is 29.9. The predicted molar refractivity (Wildman–Crippen MR) is 183 cm³/mol. The van der Waals surface area contributed by atoms with Crippen molar-refractivity contribution < 1.29 is 28.9 Å². The highest BCUT2D eigenvalue weighted by Crippen LogP contribution is 2.43. The number of aliphatic carboxylic acids is 2. The predicted octanol–water partition coefficient (Wildman–Crippen LogP) is 9.41. The molecular formula is C36H56O6S2. The molecule has 2 rings (SSSR count). The quantitative estimate of drug-likeness (QED) is 0.0868. The van der Waals surface area contributed by atoms with E-state index in [0.717, 1.165) is 58.1 Å². The maximum absolute atomic E-state index is 13.7. The number of carboxylic acids is 2. The van der Waals surface area contributed by atoms with Crippen LogP contribution < -0.4 is 0 Å². The fraction of sp³-hybridized carbons (Fsp3) is 0.667. The summed E-state index contributed by atoms with van der Waals surface area (Å²) in [7, 11) is 0. The summed E-state index contributed by atoms with van der Waals surface area (Å²) in [6.07, 6.45) is 18.2. The normalized spacial score (nSPS) is 22.3. The minimum absolute atomic E-state index is 0.0528. The van der Waals surface area contributed by atoms with Gasteiger partial charge in [-0.15, -0.1) is 6.58 Å². The molecule has 3 atom stereocenters. The van der Waals surface area contributed by atoms with Gasteiger partial charge in [0.1, 0.15) is 19.6 Å². The van der Waals surface area contributed by atoms with Crippen molar-refractivity contribution in [3.8, 4) is 0 Å². The molecule has 44 heavy (non-hydrogen) atoms. The van der Waals surface area contributed by atoms with Gasteiger partial charge in [0.15, 0.2) is 0 Å². The third kappa shape index (κ3) is 11.3. The fourth-order valence-electron chi connectivity index (χ4n) is 5.79. The molecule has 0 saturated carbocycles. The van der Waals surface area contributed by atoms with Crippen molar-refractivity contribution in [3.05, 3.63) is 56.6 Å². The number of carboxylic acid groups (broad SMARTS) is 2. The molecule has 2 N–H and O–H groups in total. The molecule has 0 aromatic heterocycles. The first-order valence-corrected chi connectivity index (χ1v) is 18.3. The molecule has 0 aromatic rings. The Morgan fingerprint density at radius 2 is 1.14 bits per heavy atom. The molecule has 8 heteroatoms. The molecule has 3 unspecified atom stereocenters. The van der Waals surface area contributed by atoms with E-state index in [4.69, 9.17) is 0 Å². The molecule has 0 fully saturated rings. The summed E-state index contributed by atoms with van der Waals surface area (Å²) in [4.78, 5) is 26.5. The van der Waals surface area contributed by atoms with Crippen LogP contribution in [0, 0.1) is 27.6 Å². The van der Waals surface area contributed by atoms with E-state index in [0.29, 0.717) is 32.1 Å². The highest BCUT2D eigenvalue weighted by atomic mass is 32.2. The van der Waals surface area contributed by atoms with Gasteiger partial charge in [-0.3, -0.25) is 9.59 Å². The van der Waals surface area contributed by atoms with Crippen LogP contribution in [0.1, 0.15) is 126 Å². The van der Waals surface area contributed by atoms with Crippen molar-refractivity contribution in [3.63, 3.8) is 0 Å². The molecule has 2 aliphatic rings. The number of unbranched alkanes of at least 4 members (excludes halogenated alkanes) is 2. The van der Waals surface area contributed by atoms with Crippen LogP contribution >= 0.6 is 0 Å². The van der Waals surface area contributed by atoms with Crippen LogP contribution in [-0.4, -0.2) is 31.3 Å². The summed E-state index contributed by atoms with van der Waals surface area (Å²) in [5.74, 6) is -1.63. The van der Waals surface area contributed by atoms with Gasteiger partial charge in [-0.05, 0) is 90.5 Å². The molecule has 0 aliphatic carbocycles. The zero-order chi connectivity index (χ0) is 33.5. The topological polar surface area (TPSA) is 121 Å². The molecule has 0 bridgehead atoms.